The standard InChI is InChI=1S/C12H24BrN5S/c1-4-7-19-9-11(16-14)12-10(13)8-15-18(12)6-5-17(2)3/h8,11,16H,4-7,9,14H2,1-3H3. The van der Waals surface area contributed by atoms with Gasteiger partial charge in [-0.1, -0.05) is 6.92 Å². The molecule has 0 aliphatic rings. The van der Waals surface area contributed by atoms with E-state index in [0.717, 1.165) is 34.8 Å². The van der Waals surface area contributed by atoms with Gasteiger partial charge in [0.05, 0.1) is 29.0 Å². The Morgan fingerprint density at radius 1 is 1.58 bits per heavy atom. The summed E-state index contributed by atoms with van der Waals surface area (Å²) in [5.74, 6) is 7.81. The fourth-order valence-corrected chi connectivity index (χ4v) is 3.26. The molecule has 1 heterocycles. The van der Waals surface area contributed by atoms with Crippen molar-refractivity contribution < 1.29 is 0 Å². The van der Waals surface area contributed by atoms with Crippen molar-refractivity contribution in [3.05, 3.63) is 16.4 Å². The van der Waals surface area contributed by atoms with Gasteiger partial charge in [-0.25, -0.2) is 0 Å². The van der Waals surface area contributed by atoms with Gasteiger partial charge in [0.25, 0.3) is 0 Å². The molecule has 1 atom stereocenters. The van der Waals surface area contributed by atoms with Crippen LogP contribution in [0.25, 0.3) is 0 Å². The highest BCUT2D eigenvalue weighted by Crippen LogP contribution is 2.25. The molecule has 0 radical (unpaired) electrons. The number of likely N-dealkylation sites (N-methyl/N-ethyl adjacent to an activating group) is 1. The molecule has 0 aromatic carbocycles. The number of halogens is 1. The topological polar surface area (TPSA) is 59.1 Å². The van der Waals surface area contributed by atoms with Crippen LogP contribution in [0.2, 0.25) is 0 Å². The predicted molar refractivity (Wildman–Crippen MR) is 86.2 cm³/mol. The minimum absolute atomic E-state index is 0.121. The number of rotatable bonds is 9. The van der Waals surface area contributed by atoms with Crippen LogP contribution in [-0.2, 0) is 6.54 Å². The van der Waals surface area contributed by atoms with E-state index in [1.165, 1.54) is 6.42 Å². The second kappa shape index (κ2) is 8.97. The van der Waals surface area contributed by atoms with E-state index in [1.54, 1.807) is 0 Å². The molecule has 1 aromatic rings. The average Bonchev–Trinajstić information content (AvgIpc) is 2.74. The fourth-order valence-electron chi connectivity index (χ4n) is 1.74. The Balaban J connectivity index is 2.74. The van der Waals surface area contributed by atoms with Crippen molar-refractivity contribution >= 4 is 27.7 Å². The van der Waals surface area contributed by atoms with Gasteiger partial charge in [-0.05, 0) is 42.2 Å². The first-order valence-corrected chi connectivity index (χ1v) is 8.44. The lowest BCUT2D eigenvalue weighted by molar-refractivity contribution is 0.364. The summed E-state index contributed by atoms with van der Waals surface area (Å²) in [6, 6.07) is 0.121. The number of hydrogen-bond acceptors (Lipinski definition) is 5. The highest BCUT2D eigenvalue weighted by Gasteiger charge is 2.19. The van der Waals surface area contributed by atoms with Gasteiger partial charge in [-0.2, -0.15) is 16.9 Å². The molecule has 0 saturated heterocycles. The van der Waals surface area contributed by atoms with Crippen LogP contribution < -0.4 is 11.3 Å². The quantitative estimate of drug-likeness (QED) is 0.404. The van der Waals surface area contributed by atoms with E-state index < -0.39 is 0 Å². The lowest BCUT2D eigenvalue weighted by Crippen LogP contribution is -2.32. The molecule has 0 saturated carbocycles. The number of thioether (sulfide) groups is 1. The Bertz CT molecular complexity index is 369. The zero-order chi connectivity index (χ0) is 14.3. The Morgan fingerprint density at radius 3 is 2.89 bits per heavy atom. The first-order valence-electron chi connectivity index (χ1n) is 6.50. The zero-order valence-corrected chi connectivity index (χ0v) is 14.3. The molecule has 7 heteroatoms. The summed E-state index contributed by atoms with van der Waals surface area (Å²) in [4.78, 5) is 2.15. The summed E-state index contributed by atoms with van der Waals surface area (Å²) in [6.45, 7) is 4.01. The highest BCUT2D eigenvalue weighted by atomic mass is 79.9. The summed E-state index contributed by atoms with van der Waals surface area (Å²) in [5, 5.41) is 4.42. The maximum absolute atomic E-state index is 5.70. The van der Waals surface area contributed by atoms with E-state index in [-0.39, 0.29) is 6.04 Å². The normalized spacial score (nSPS) is 13.2. The molecule has 0 aliphatic carbocycles. The third-order valence-corrected chi connectivity index (χ3v) is 4.63. The van der Waals surface area contributed by atoms with E-state index in [9.17, 15) is 0 Å². The van der Waals surface area contributed by atoms with Crippen molar-refractivity contribution in [2.45, 2.75) is 25.9 Å². The van der Waals surface area contributed by atoms with E-state index in [1.807, 2.05) is 22.6 Å². The van der Waals surface area contributed by atoms with Crippen LogP contribution in [0.1, 0.15) is 25.1 Å². The Labute approximate surface area is 128 Å². The molecule has 0 spiro atoms. The van der Waals surface area contributed by atoms with Crippen LogP contribution in [0.4, 0.5) is 0 Å². The van der Waals surface area contributed by atoms with Crippen LogP contribution >= 0.6 is 27.7 Å². The zero-order valence-electron chi connectivity index (χ0n) is 11.9. The molecule has 3 N–H and O–H groups in total. The van der Waals surface area contributed by atoms with Crippen molar-refractivity contribution in [2.24, 2.45) is 5.84 Å². The highest BCUT2D eigenvalue weighted by molar-refractivity contribution is 9.10. The van der Waals surface area contributed by atoms with Gasteiger partial charge in [0, 0.05) is 12.3 Å². The number of nitrogens with one attached hydrogen (secondary N) is 1. The molecule has 1 aromatic heterocycles. The average molecular weight is 350 g/mol. The Kier molecular flexibility index (Phi) is 8.01. The fraction of sp³-hybridized carbons (Fsp3) is 0.750. The maximum atomic E-state index is 5.70. The van der Waals surface area contributed by atoms with Gasteiger partial charge in [0.1, 0.15) is 0 Å². The number of nitrogens with two attached hydrogens (primary N) is 1. The third kappa shape index (κ3) is 5.43. The summed E-state index contributed by atoms with van der Waals surface area (Å²) in [5.41, 5.74) is 4.04. The predicted octanol–water partition coefficient (Wildman–Crippen LogP) is 1.85. The number of hydrogen-bond donors (Lipinski definition) is 2. The smallest absolute Gasteiger partial charge is 0.0730 e. The first kappa shape index (κ1) is 17.0. The summed E-state index contributed by atoms with van der Waals surface area (Å²) in [6.07, 6.45) is 3.03. The summed E-state index contributed by atoms with van der Waals surface area (Å²) in [7, 11) is 4.13. The van der Waals surface area contributed by atoms with E-state index in [4.69, 9.17) is 5.84 Å². The van der Waals surface area contributed by atoms with Crippen LogP contribution in [0, 0.1) is 0 Å². The minimum atomic E-state index is 0.121. The lowest BCUT2D eigenvalue weighted by Gasteiger charge is -2.19. The minimum Gasteiger partial charge on any atom is -0.308 e. The SMILES string of the molecule is CCCSCC(NN)c1c(Br)cnn1CCN(C)C. The molecular formula is C12H24BrN5S. The van der Waals surface area contributed by atoms with Crippen molar-refractivity contribution in [3.8, 4) is 0 Å². The van der Waals surface area contributed by atoms with Crippen molar-refractivity contribution in [2.75, 3.05) is 32.1 Å². The lowest BCUT2D eigenvalue weighted by atomic mass is 10.2. The molecule has 0 aliphatic heterocycles. The van der Waals surface area contributed by atoms with Gasteiger partial charge in [0.15, 0.2) is 0 Å². The maximum Gasteiger partial charge on any atom is 0.0730 e. The molecule has 110 valence electrons. The summed E-state index contributed by atoms with van der Waals surface area (Å²) < 4.78 is 3.05. The summed E-state index contributed by atoms with van der Waals surface area (Å²) >= 11 is 5.48. The van der Waals surface area contributed by atoms with Gasteiger partial charge >= 0.3 is 0 Å². The number of nitrogens with zero attached hydrogens (tertiary/aromatic N) is 3. The molecule has 1 unspecified atom stereocenters. The molecule has 0 fully saturated rings. The van der Waals surface area contributed by atoms with Crippen LogP contribution in [0.3, 0.4) is 0 Å². The van der Waals surface area contributed by atoms with Crippen molar-refractivity contribution in [3.63, 3.8) is 0 Å². The van der Waals surface area contributed by atoms with Crippen molar-refractivity contribution in [1.29, 1.82) is 0 Å². The molecule has 5 nitrogen and oxygen atoms in total. The van der Waals surface area contributed by atoms with E-state index in [2.05, 4.69) is 52.4 Å². The molecule has 0 bridgehead atoms. The number of aromatic nitrogens is 2. The molecule has 0 amide bonds. The largest absolute Gasteiger partial charge is 0.308 e. The second-order valence-electron chi connectivity index (χ2n) is 4.70. The monoisotopic (exact) mass is 349 g/mol. The molecule has 1 rings (SSSR count). The number of hydrazine groups is 1. The van der Waals surface area contributed by atoms with E-state index >= 15 is 0 Å². The van der Waals surface area contributed by atoms with Gasteiger partial charge in [0.2, 0.25) is 0 Å². The van der Waals surface area contributed by atoms with Crippen LogP contribution in [0.5, 0.6) is 0 Å². The first-order chi connectivity index (χ1) is 9.10. The van der Waals surface area contributed by atoms with Crippen LogP contribution in [-0.4, -0.2) is 46.8 Å². The Morgan fingerprint density at radius 2 is 2.32 bits per heavy atom. The second-order valence-corrected chi connectivity index (χ2v) is 6.70. The third-order valence-electron chi connectivity index (χ3n) is 2.76. The van der Waals surface area contributed by atoms with Crippen LogP contribution in [0.15, 0.2) is 10.7 Å². The molecular weight excluding hydrogens is 326 g/mol. The van der Waals surface area contributed by atoms with Gasteiger partial charge in [-0.15, -0.1) is 0 Å². The van der Waals surface area contributed by atoms with Gasteiger partial charge in [-0.3, -0.25) is 16.0 Å². The Hall–Kier alpha value is -0.0800. The molecule has 19 heavy (non-hydrogen) atoms. The van der Waals surface area contributed by atoms with Crippen molar-refractivity contribution in [1.82, 2.24) is 20.1 Å². The van der Waals surface area contributed by atoms with Gasteiger partial charge < -0.3 is 4.90 Å². The van der Waals surface area contributed by atoms with E-state index in [0.29, 0.717) is 0 Å².